The first-order chi connectivity index (χ1) is 15.7. The van der Waals surface area contributed by atoms with Gasteiger partial charge in [-0.25, -0.2) is 23.5 Å². The first-order valence-electron chi connectivity index (χ1n) is 10.4. The van der Waals surface area contributed by atoms with Crippen LogP contribution in [0.25, 0.3) is 0 Å². The number of primary sulfonamides is 1. The van der Waals surface area contributed by atoms with Gasteiger partial charge in [0.15, 0.2) is 6.17 Å². The molecule has 33 heavy (non-hydrogen) atoms. The normalized spacial score (nSPS) is 32.8. The number of amidine groups is 1. The van der Waals surface area contributed by atoms with Crippen molar-refractivity contribution in [2.24, 2.45) is 43.6 Å². The van der Waals surface area contributed by atoms with Crippen LogP contribution in [0.15, 0.2) is 50.2 Å². The van der Waals surface area contributed by atoms with Crippen LogP contribution in [0.3, 0.4) is 0 Å². The number of nitrogens with zero attached hydrogens (tertiary/aromatic N) is 3. The molecule has 1 saturated carbocycles. The molecular formula is C20H24N8O4S. The fourth-order valence-electron chi connectivity index (χ4n) is 4.87. The standard InChI is InChI=1S/C20H24N8O4S/c1-32-12-5-4-11(7-13(12)33(22,30)31)25-20-27-18-16(23-8-24-18)19(28-20)26-15-10-3-2-9(6-10)14(15)17(21)29/h2-5,7-10,14-16,18H,6H2,1H3,(H2,21,29)(H,23,24)(H2,22,30,31)(H2,25,26,27,28). The van der Waals surface area contributed by atoms with Crippen LogP contribution in [-0.2, 0) is 14.8 Å². The number of fused-ring (bicyclic) bond motifs is 3. The van der Waals surface area contributed by atoms with Crippen molar-refractivity contribution in [1.29, 1.82) is 0 Å². The molecule has 5 rings (SSSR count). The number of amides is 1. The van der Waals surface area contributed by atoms with E-state index in [2.05, 4.69) is 32.0 Å². The summed E-state index contributed by atoms with van der Waals surface area (Å²) in [6.45, 7) is 0. The van der Waals surface area contributed by atoms with Gasteiger partial charge in [-0.2, -0.15) is 0 Å². The Hall–Kier alpha value is -3.45. The molecule has 6 unspecified atom stereocenters. The smallest absolute Gasteiger partial charge is 0.241 e. The van der Waals surface area contributed by atoms with Gasteiger partial charge >= 0.3 is 0 Å². The summed E-state index contributed by atoms with van der Waals surface area (Å²) in [6.07, 6.45) is 6.10. The zero-order valence-corrected chi connectivity index (χ0v) is 18.5. The maximum absolute atomic E-state index is 12.1. The molecule has 1 aromatic rings. The van der Waals surface area contributed by atoms with Gasteiger partial charge in [-0.05, 0) is 30.5 Å². The number of aliphatic imine (C=N–C) groups is 3. The van der Waals surface area contributed by atoms with Gasteiger partial charge in [0.1, 0.15) is 22.5 Å². The third-order valence-electron chi connectivity index (χ3n) is 6.35. The van der Waals surface area contributed by atoms with Crippen LogP contribution in [0.2, 0.25) is 0 Å². The Morgan fingerprint density at radius 1 is 1.30 bits per heavy atom. The Kier molecular flexibility index (Phi) is 5.09. The molecule has 174 valence electrons. The molecule has 13 heteroatoms. The van der Waals surface area contributed by atoms with E-state index in [4.69, 9.17) is 20.6 Å². The number of sulfonamides is 1. The van der Waals surface area contributed by atoms with Crippen LogP contribution in [0.4, 0.5) is 5.69 Å². The second-order valence-corrected chi connectivity index (χ2v) is 9.89. The fourth-order valence-corrected chi connectivity index (χ4v) is 5.59. The van der Waals surface area contributed by atoms with Gasteiger partial charge in [-0.3, -0.25) is 9.79 Å². The van der Waals surface area contributed by atoms with E-state index in [-0.39, 0.29) is 46.4 Å². The lowest BCUT2D eigenvalue weighted by Crippen LogP contribution is -2.55. The summed E-state index contributed by atoms with van der Waals surface area (Å²) >= 11 is 0. The molecule has 2 aliphatic heterocycles. The number of ether oxygens (including phenoxy) is 1. The first kappa shape index (κ1) is 21.4. The summed E-state index contributed by atoms with van der Waals surface area (Å²) in [5, 5.41) is 14.7. The number of carbonyl (C=O) groups excluding carboxylic acids is 1. The van der Waals surface area contributed by atoms with Gasteiger partial charge in [0.05, 0.1) is 25.4 Å². The maximum Gasteiger partial charge on any atom is 0.241 e. The number of hydrogen-bond donors (Lipinski definition) is 5. The number of guanidine groups is 1. The van der Waals surface area contributed by atoms with Crippen molar-refractivity contribution in [3.63, 3.8) is 0 Å². The van der Waals surface area contributed by atoms with Gasteiger partial charge in [-0.15, -0.1) is 0 Å². The molecule has 7 N–H and O–H groups in total. The fraction of sp³-hybridized carbons (Fsp3) is 0.400. The Morgan fingerprint density at radius 2 is 2.09 bits per heavy atom. The van der Waals surface area contributed by atoms with Crippen molar-refractivity contribution >= 4 is 39.8 Å². The minimum absolute atomic E-state index is 0.108. The van der Waals surface area contributed by atoms with Gasteiger partial charge in [-0.1, -0.05) is 12.2 Å². The summed E-state index contributed by atoms with van der Waals surface area (Å²) < 4.78 is 29.0. The van der Waals surface area contributed by atoms with Gasteiger partial charge in [0, 0.05) is 11.6 Å². The lowest BCUT2D eigenvalue weighted by molar-refractivity contribution is -0.122. The van der Waals surface area contributed by atoms with E-state index in [0.717, 1.165) is 6.42 Å². The van der Waals surface area contributed by atoms with Crippen LogP contribution in [0, 0.1) is 17.8 Å². The van der Waals surface area contributed by atoms with Crippen molar-refractivity contribution in [2.45, 2.75) is 29.6 Å². The summed E-state index contributed by atoms with van der Waals surface area (Å²) in [6, 6.07) is 3.93. The lowest BCUT2D eigenvalue weighted by atomic mass is 9.88. The van der Waals surface area contributed by atoms with Crippen molar-refractivity contribution < 1.29 is 17.9 Å². The first-order valence-corrected chi connectivity index (χ1v) is 11.9. The number of rotatable bonds is 5. The highest BCUT2D eigenvalue weighted by Gasteiger charge is 2.48. The molecule has 0 radical (unpaired) electrons. The van der Waals surface area contributed by atoms with E-state index in [9.17, 15) is 13.2 Å². The zero-order valence-electron chi connectivity index (χ0n) is 17.7. The summed E-state index contributed by atoms with van der Waals surface area (Å²) in [4.78, 5) is 25.7. The predicted molar refractivity (Wildman–Crippen MR) is 122 cm³/mol. The number of benzene rings is 1. The second kappa shape index (κ2) is 7.85. The third kappa shape index (κ3) is 3.82. The molecule has 2 bridgehead atoms. The van der Waals surface area contributed by atoms with Gasteiger partial charge < -0.3 is 26.4 Å². The maximum atomic E-state index is 12.1. The average molecular weight is 473 g/mol. The minimum atomic E-state index is -4.00. The molecule has 1 aromatic carbocycles. The number of hydrogen-bond acceptors (Lipinski definition) is 9. The highest BCUT2D eigenvalue weighted by Crippen LogP contribution is 2.45. The summed E-state index contributed by atoms with van der Waals surface area (Å²) in [5.41, 5.74) is 6.11. The third-order valence-corrected chi connectivity index (χ3v) is 7.28. The van der Waals surface area contributed by atoms with Crippen LogP contribution in [-0.4, -0.2) is 57.8 Å². The molecule has 2 heterocycles. The summed E-state index contributed by atoms with van der Waals surface area (Å²) in [7, 11) is -2.64. The number of carbonyl (C=O) groups is 1. The van der Waals surface area contributed by atoms with Gasteiger partial charge in [0.25, 0.3) is 0 Å². The minimum Gasteiger partial charge on any atom is -0.495 e. The Balaban J connectivity index is 1.44. The van der Waals surface area contributed by atoms with Crippen molar-refractivity contribution in [3.8, 4) is 5.75 Å². The molecule has 6 atom stereocenters. The molecule has 4 aliphatic rings. The molecule has 0 saturated heterocycles. The SMILES string of the molecule is COc1ccc(NC2=NC3N=CNC3C(=NC3C4C=CC(C4)C3C(N)=O)N2)cc1S(N)(=O)=O. The van der Waals surface area contributed by atoms with E-state index in [0.29, 0.717) is 17.5 Å². The molecule has 1 amide bonds. The summed E-state index contributed by atoms with van der Waals surface area (Å²) in [5.74, 6) is 0.584. The van der Waals surface area contributed by atoms with E-state index in [1.807, 2.05) is 6.08 Å². The topological polar surface area (TPSA) is 186 Å². The van der Waals surface area contributed by atoms with E-state index < -0.39 is 16.2 Å². The van der Waals surface area contributed by atoms with Gasteiger partial charge in [0.2, 0.25) is 21.9 Å². The number of nitrogens with two attached hydrogens (primary N) is 2. The van der Waals surface area contributed by atoms with Crippen LogP contribution >= 0.6 is 0 Å². The van der Waals surface area contributed by atoms with Crippen LogP contribution < -0.4 is 31.6 Å². The quantitative estimate of drug-likeness (QED) is 0.344. The number of primary amides is 1. The number of anilines is 1. The monoisotopic (exact) mass is 472 g/mol. The Labute approximate surface area is 190 Å². The zero-order chi connectivity index (χ0) is 23.3. The highest BCUT2D eigenvalue weighted by molar-refractivity contribution is 7.89. The molecule has 1 fully saturated rings. The molecular weight excluding hydrogens is 448 g/mol. The number of nitrogens with one attached hydrogen (secondary N) is 3. The average Bonchev–Trinajstić information content (AvgIpc) is 3.49. The molecule has 0 spiro atoms. The molecule has 0 aromatic heterocycles. The van der Waals surface area contributed by atoms with E-state index in [1.165, 1.54) is 19.2 Å². The van der Waals surface area contributed by atoms with Crippen molar-refractivity contribution in [2.75, 3.05) is 12.4 Å². The van der Waals surface area contributed by atoms with E-state index in [1.54, 1.807) is 12.4 Å². The Bertz CT molecular complexity index is 1220. The molecule has 12 nitrogen and oxygen atoms in total. The van der Waals surface area contributed by atoms with E-state index >= 15 is 0 Å². The molecule has 2 aliphatic carbocycles. The highest BCUT2D eigenvalue weighted by atomic mass is 32.2. The predicted octanol–water partition coefficient (Wildman–Crippen LogP) is -0.886. The number of allylic oxidation sites excluding steroid dienone is 1. The number of methoxy groups -OCH3 is 1. The van der Waals surface area contributed by atoms with Crippen molar-refractivity contribution in [3.05, 3.63) is 30.4 Å². The van der Waals surface area contributed by atoms with Crippen LogP contribution in [0.5, 0.6) is 5.75 Å². The lowest BCUT2D eigenvalue weighted by Gasteiger charge is -2.29. The Morgan fingerprint density at radius 3 is 2.82 bits per heavy atom. The van der Waals surface area contributed by atoms with Crippen molar-refractivity contribution in [1.82, 2.24) is 10.6 Å². The largest absolute Gasteiger partial charge is 0.495 e. The second-order valence-electron chi connectivity index (χ2n) is 8.36. The van der Waals surface area contributed by atoms with Crippen LogP contribution in [0.1, 0.15) is 6.42 Å².